The Hall–Kier alpha value is -2.70. The van der Waals surface area contributed by atoms with Crippen LogP contribution in [0.1, 0.15) is 11.1 Å². The van der Waals surface area contributed by atoms with Gasteiger partial charge in [-0.15, -0.1) is 35.9 Å². The quantitative estimate of drug-likeness (QED) is 0.246. The van der Waals surface area contributed by atoms with Gasteiger partial charge in [-0.25, -0.2) is 4.98 Å². The summed E-state index contributed by atoms with van der Waals surface area (Å²) in [7, 11) is -4.11. The number of hydrogen-bond acceptors (Lipinski definition) is 4. The molecule has 0 spiro atoms. The number of nitrogens with zero attached hydrogens (tertiary/aromatic N) is 2. The molecule has 2 aromatic heterocycles. The Morgan fingerprint density at radius 3 is 2.34 bits per heavy atom. The van der Waals surface area contributed by atoms with Gasteiger partial charge in [0.05, 0.1) is 5.52 Å². The predicted molar refractivity (Wildman–Crippen MR) is 109 cm³/mol. The normalized spacial score (nSPS) is 11.5. The van der Waals surface area contributed by atoms with Crippen molar-refractivity contribution in [3.05, 3.63) is 90.1 Å². The predicted octanol–water partition coefficient (Wildman–Crippen LogP) is 4.51. The van der Waals surface area contributed by atoms with Crippen molar-refractivity contribution < 1.29 is 33.1 Å². The van der Waals surface area contributed by atoms with Gasteiger partial charge in [0.25, 0.3) is 0 Å². The fraction of sp³-hybridized carbons (Fsp3) is 0. The third-order valence-corrected chi connectivity index (χ3v) is 5.00. The monoisotopic (exact) mass is 580 g/mol. The van der Waals surface area contributed by atoms with Crippen molar-refractivity contribution in [2.75, 3.05) is 0 Å². The molecule has 29 heavy (non-hydrogen) atoms. The first-order valence-corrected chi connectivity index (χ1v) is 9.94. The van der Waals surface area contributed by atoms with Crippen LogP contribution in [0.4, 0.5) is 0 Å². The first-order valence-electron chi connectivity index (χ1n) is 8.50. The SMILES string of the molecule is O=S(=O)(O)c1ccccn1.[Ir].[c-]1ccccc1-c1cc2c3c(cccc3n1)C=C2. The molecule has 0 atom stereocenters. The summed E-state index contributed by atoms with van der Waals surface area (Å²) in [5.41, 5.74) is 5.60. The van der Waals surface area contributed by atoms with Crippen molar-refractivity contribution in [1.82, 2.24) is 9.97 Å². The second-order valence-corrected chi connectivity index (χ2v) is 7.46. The molecule has 5 nitrogen and oxygen atoms in total. The van der Waals surface area contributed by atoms with Crippen LogP contribution in [0.5, 0.6) is 0 Å². The molecule has 0 saturated heterocycles. The van der Waals surface area contributed by atoms with Crippen LogP contribution >= 0.6 is 0 Å². The summed E-state index contributed by atoms with van der Waals surface area (Å²) >= 11 is 0. The van der Waals surface area contributed by atoms with E-state index in [0.29, 0.717) is 0 Å². The Morgan fingerprint density at radius 1 is 0.897 bits per heavy atom. The average Bonchev–Trinajstić information content (AvgIpc) is 3.14. The van der Waals surface area contributed by atoms with E-state index in [0.717, 1.165) is 16.8 Å². The fourth-order valence-corrected chi connectivity index (χ4v) is 3.43. The molecule has 0 bridgehead atoms. The van der Waals surface area contributed by atoms with Crippen LogP contribution in [0.2, 0.25) is 0 Å². The molecule has 0 aliphatic heterocycles. The van der Waals surface area contributed by atoms with E-state index in [-0.39, 0.29) is 25.1 Å². The summed E-state index contributed by atoms with van der Waals surface area (Å²) in [5, 5.41) is 0.937. The topological polar surface area (TPSA) is 80.2 Å². The smallest absolute Gasteiger partial charge is 0.296 e. The molecule has 0 amide bonds. The van der Waals surface area contributed by atoms with Crippen molar-refractivity contribution >= 4 is 33.2 Å². The molecular weight excluding hydrogens is 565 g/mol. The van der Waals surface area contributed by atoms with E-state index in [9.17, 15) is 8.42 Å². The van der Waals surface area contributed by atoms with Gasteiger partial charge in [0.2, 0.25) is 0 Å². The fourth-order valence-electron chi connectivity index (χ4n) is 2.99. The van der Waals surface area contributed by atoms with E-state index in [1.165, 1.54) is 34.8 Å². The Bertz CT molecular complexity index is 1280. The van der Waals surface area contributed by atoms with Gasteiger partial charge in [0, 0.05) is 31.7 Å². The minimum Gasteiger partial charge on any atom is -0.296 e. The summed E-state index contributed by atoms with van der Waals surface area (Å²) < 4.78 is 29.1. The molecule has 4 aromatic rings. The molecule has 147 valence electrons. The maximum Gasteiger partial charge on any atom is 0.312 e. The molecular formula is C22H15IrN2O3S-. The maximum atomic E-state index is 10.3. The van der Waals surface area contributed by atoms with Gasteiger partial charge in [0.1, 0.15) is 0 Å². The van der Waals surface area contributed by atoms with Crippen molar-refractivity contribution in [1.29, 1.82) is 0 Å². The second-order valence-electron chi connectivity index (χ2n) is 6.09. The van der Waals surface area contributed by atoms with Gasteiger partial charge in [-0.3, -0.25) is 9.54 Å². The molecule has 2 aromatic carbocycles. The molecule has 2 heterocycles. The Kier molecular flexibility index (Phi) is 6.35. The van der Waals surface area contributed by atoms with Gasteiger partial charge in [0.15, 0.2) is 5.03 Å². The van der Waals surface area contributed by atoms with Gasteiger partial charge in [-0.05, 0) is 35.0 Å². The summed E-state index contributed by atoms with van der Waals surface area (Å²) in [6.45, 7) is 0. The summed E-state index contributed by atoms with van der Waals surface area (Å²) in [5.74, 6) is 0. The molecule has 1 aliphatic rings. The van der Waals surface area contributed by atoms with Crippen molar-refractivity contribution in [3.63, 3.8) is 0 Å². The molecule has 1 radical (unpaired) electrons. The minimum absolute atomic E-state index is 0. The number of hydrogen-bond donors (Lipinski definition) is 1. The van der Waals surface area contributed by atoms with Crippen LogP contribution in [0.3, 0.4) is 0 Å². The van der Waals surface area contributed by atoms with E-state index < -0.39 is 10.1 Å². The van der Waals surface area contributed by atoms with E-state index in [1.54, 1.807) is 6.07 Å². The van der Waals surface area contributed by atoms with Crippen molar-refractivity contribution in [3.8, 4) is 11.3 Å². The largest absolute Gasteiger partial charge is 0.312 e. The standard InChI is InChI=1S/C17H10N.C5H5NO3S.Ir/c1-2-5-12(6-3-1)16-11-14-10-9-13-7-4-8-15(18-16)17(13)14;7-10(8,9)5-3-1-2-4-6-5;/h1-5,7-11H;1-4H,(H,7,8,9);/q-1;;. The van der Waals surface area contributed by atoms with Gasteiger partial charge in [-0.2, -0.15) is 8.42 Å². The third kappa shape index (κ3) is 4.66. The van der Waals surface area contributed by atoms with Crippen molar-refractivity contribution in [2.24, 2.45) is 0 Å². The van der Waals surface area contributed by atoms with Gasteiger partial charge >= 0.3 is 10.1 Å². The second kappa shape index (κ2) is 8.76. The number of aromatic nitrogens is 2. The van der Waals surface area contributed by atoms with E-state index in [1.807, 2.05) is 24.3 Å². The van der Waals surface area contributed by atoms with Gasteiger partial charge in [-0.1, -0.05) is 36.4 Å². The number of rotatable bonds is 2. The Balaban J connectivity index is 0.000000189. The molecule has 0 saturated carbocycles. The van der Waals surface area contributed by atoms with Crippen molar-refractivity contribution in [2.45, 2.75) is 5.03 Å². The van der Waals surface area contributed by atoms with E-state index in [4.69, 9.17) is 9.54 Å². The van der Waals surface area contributed by atoms with Crippen LogP contribution in [0.25, 0.3) is 34.3 Å². The molecule has 5 rings (SSSR count). The van der Waals surface area contributed by atoms with Crippen LogP contribution in [0.15, 0.2) is 78.0 Å². The molecule has 0 unspecified atom stereocenters. The Labute approximate surface area is 182 Å². The molecule has 0 fully saturated rings. The zero-order valence-electron chi connectivity index (χ0n) is 15.0. The van der Waals surface area contributed by atoms with Gasteiger partial charge < -0.3 is 0 Å². The third-order valence-electron chi connectivity index (χ3n) is 4.23. The molecule has 1 aliphatic carbocycles. The molecule has 7 heteroatoms. The number of benzene rings is 2. The molecule has 1 N–H and O–H groups in total. The maximum absolute atomic E-state index is 10.3. The Morgan fingerprint density at radius 2 is 1.69 bits per heavy atom. The van der Waals surface area contributed by atoms with E-state index >= 15 is 0 Å². The summed E-state index contributed by atoms with van der Waals surface area (Å²) in [6.07, 6.45) is 5.60. The summed E-state index contributed by atoms with van der Waals surface area (Å²) in [6, 6.07) is 23.9. The zero-order valence-corrected chi connectivity index (χ0v) is 18.2. The van der Waals surface area contributed by atoms with Crippen LogP contribution in [-0.2, 0) is 30.2 Å². The average molecular weight is 580 g/mol. The zero-order chi connectivity index (χ0) is 19.6. The minimum atomic E-state index is -4.11. The first-order chi connectivity index (χ1) is 13.5. The van der Waals surface area contributed by atoms with Crippen LogP contribution in [-0.4, -0.2) is 22.9 Å². The van der Waals surface area contributed by atoms with Crippen LogP contribution < -0.4 is 0 Å². The van der Waals surface area contributed by atoms with E-state index in [2.05, 4.69) is 47.5 Å². The summed E-state index contributed by atoms with van der Waals surface area (Å²) in [4.78, 5) is 8.15. The van der Waals surface area contributed by atoms with Crippen LogP contribution in [0, 0.1) is 6.07 Å². The number of pyridine rings is 2. The first kappa shape index (κ1) is 21.0.